The van der Waals surface area contributed by atoms with E-state index in [0.29, 0.717) is 19.5 Å². The summed E-state index contributed by atoms with van der Waals surface area (Å²) >= 11 is 1.71. The Morgan fingerprint density at radius 2 is 2.33 bits per heavy atom. The maximum Gasteiger partial charge on any atom is 0.222 e. The summed E-state index contributed by atoms with van der Waals surface area (Å²) in [5.41, 5.74) is 5.44. The van der Waals surface area contributed by atoms with Crippen molar-refractivity contribution in [2.75, 3.05) is 20.2 Å². The molecule has 0 saturated carbocycles. The Labute approximate surface area is 113 Å². The molecule has 3 N–H and O–H groups in total. The van der Waals surface area contributed by atoms with Crippen LogP contribution in [0.15, 0.2) is 17.5 Å². The summed E-state index contributed by atoms with van der Waals surface area (Å²) in [6.07, 6.45) is 0.114. The Bertz CT molecular complexity index is 359. The van der Waals surface area contributed by atoms with Crippen LogP contribution in [0.3, 0.4) is 0 Å². The lowest BCUT2D eigenvalue weighted by Crippen LogP contribution is -2.38. The summed E-state index contributed by atoms with van der Waals surface area (Å²) < 4.78 is 5.09. The van der Waals surface area contributed by atoms with Gasteiger partial charge in [0.05, 0.1) is 12.5 Å². The molecule has 0 aromatic carbocycles. The molecule has 0 bridgehead atoms. The number of nitrogens with one attached hydrogen (secondary N) is 1. The van der Waals surface area contributed by atoms with E-state index in [0.717, 1.165) is 0 Å². The fraction of sp³-hybridized carbons (Fsp3) is 0.615. The van der Waals surface area contributed by atoms with Gasteiger partial charge in [0.2, 0.25) is 5.91 Å². The van der Waals surface area contributed by atoms with Crippen molar-refractivity contribution in [2.24, 2.45) is 5.73 Å². The van der Waals surface area contributed by atoms with Crippen LogP contribution >= 0.6 is 11.3 Å². The Balaban J connectivity index is 2.43. The van der Waals surface area contributed by atoms with Crippen molar-refractivity contribution in [3.05, 3.63) is 22.4 Å². The molecule has 1 atom stereocenters. The van der Waals surface area contributed by atoms with E-state index in [1.165, 1.54) is 4.88 Å². The van der Waals surface area contributed by atoms with E-state index in [-0.39, 0.29) is 17.4 Å². The number of hydrogen-bond donors (Lipinski definition) is 2. The Hall–Kier alpha value is -0.910. The monoisotopic (exact) mass is 270 g/mol. The van der Waals surface area contributed by atoms with Gasteiger partial charge >= 0.3 is 0 Å². The van der Waals surface area contributed by atoms with Crippen LogP contribution in [0.1, 0.15) is 25.1 Å². The number of carbonyl (C=O) groups excluding carboxylic acids is 1. The van der Waals surface area contributed by atoms with Crippen molar-refractivity contribution in [1.29, 1.82) is 0 Å². The average molecular weight is 270 g/mol. The molecule has 0 radical (unpaired) electrons. The molecule has 1 unspecified atom stereocenters. The molecule has 1 rings (SSSR count). The van der Waals surface area contributed by atoms with Gasteiger partial charge < -0.3 is 15.8 Å². The number of ether oxygens (including phenoxy) is 1. The summed E-state index contributed by atoms with van der Waals surface area (Å²) in [6, 6.07) is 4.12. The van der Waals surface area contributed by atoms with Gasteiger partial charge in [-0.1, -0.05) is 19.9 Å². The van der Waals surface area contributed by atoms with Gasteiger partial charge in [-0.3, -0.25) is 4.79 Å². The SMILES string of the molecule is COC(CN)CC(=O)NCC(C)(C)c1cccs1. The quantitative estimate of drug-likeness (QED) is 0.789. The molecule has 0 spiro atoms. The molecular weight excluding hydrogens is 248 g/mol. The van der Waals surface area contributed by atoms with Crippen LogP contribution < -0.4 is 11.1 Å². The highest BCUT2D eigenvalue weighted by molar-refractivity contribution is 7.10. The van der Waals surface area contributed by atoms with Crippen LogP contribution in [-0.4, -0.2) is 32.2 Å². The van der Waals surface area contributed by atoms with Gasteiger partial charge in [0, 0.05) is 30.5 Å². The number of rotatable bonds is 7. The lowest BCUT2D eigenvalue weighted by Gasteiger charge is -2.24. The Morgan fingerprint density at radius 1 is 1.61 bits per heavy atom. The molecule has 1 amide bonds. The molecule has 1 heterocycles. The summed E-state index contributed by atoms with van der Waals surface area (Å²) in [5.74, 6) is -0.0167. The molecule has 1 aromatic heterocycles. The van der Waals surface area contributed by atoms with Crippen molar-refractivity contribution in [2.45, 2.75) is 31.8 Å². The van der Waals surface area contributed by atoms with Gasteiger partial charge in [-0.15, -0.1) is 11.3 Å². The van der Waals surface area contributed by atoms with E-state index in [4.69, 9.17) is 10.5 Å². The van der Waals surface area contributed by atoms with Crippen LogP contribution in [-0.2, 0) is 14.9 Å². The second-order valence-corrected chi connectivity index (χ2v) is 5.88. The van der Waals surface area contributed by atoms with Gasteiger partial charge in [-0.25, -0.2) is 0 Å². The van der Waals surface area contributed by atoms with Crippen molar-refractivity contribution in [1.82, 2.24) is 5.32 Å². The minimum Gasteiger partial charge on any atom is -0.380 e. The van der Waals surface area contributed by atoms with Gasteiger partial charge in [0.15, 0.2) is 0 Å². The average Bonchev–Trinajstić information content (AvgIpc) is 2.88. The number of thiophene rings is 1. The first-order valence-electron chi connectivity index (χ1n) is 6.03. The third-order valence-corrected chi connectivity index (χ3v) is 4.16. The fourth-order valence-electron chi connectivity index (χ4n) is 1.61. The third kappa shape index (κ3) is 4.40. The zero-order chi connectivity index (χ0) is 13.6. The first-order valence-corrected chi connectivity index (χ1v) is 6.91. The predicted molar refractivity (Wildman–Crippen MR) is 74.8 cm³/mol. The number of nitrogens with two attached hydrogens (primary N) is 1. The number of methoxy groups -OCH3 is 1. The molecule has 1 aromatic rings. The molecule has 0 aliphatic rings. The first-order chi connectivity index (χ1) is 8.49. The van der Waals surface area contributed by atoms with Crippen molar-refractivity contribution >= 4 is 17.2 Å². The lowest BCUT2D eigenvalue weighted by molar-refractivity contribution is -0.123. The van der Waals surface area contributed by atoms with E-state index in [1.54, 1.807) is 18.4 Å². The summed E-state index contributed by atoms with van der Waals surface area (Å²) in [4.78, 5) is 13.0. The highest BCUT2D eigenvalue weighted by atomic mass is 32.1. The third-order valence-electron chi connectivity index (χ3n) is 2.92. The zero-order valence-electron chi connectivity index (χ0n) is 11.2. The highest BCUT2D eigenvalue weighted by Crippen LogP contribution is 2.26. The van der Waals surface area contributed by atoms with Crippen LogP contribution in [0.2, 0.25) is 0 Å². The van der Waals surface area contributed by atoms with Gasteiger partial charge in [0.25, 0.3) is 0 Å². The molecule has 0 fully saturated rings. The van der Waals surface area contributed by atoms with E-state index >= 15 is 0 Å². The molecule has 0 aliphatic carbocycles. The second kappa shape index (κ2) is 6.87. The van der Waals surface area contributed by atoms with Crippen LogP contribution in [0.5, 0.6) is 0 Å². The molecule has 102 valence electrons. The van der Waals surface area contributed by atoms with E-state index < -0.39 is 0 Å². The largest absolute Gasteiger partial charge is 0.380 e. The van der Waals surface area contributed by atoms with Crippen LogP contribution in [0.25, 0.3) is 0 Å². The fourth-order valence-corrected chi connectivity index (χ4v) is 2.46. The Morgan fingerprint density at radius 3 is 2.83 bits per heavy atom. The topological polar surface area (TPSA) is 64.3 Å². The maximum atomic E-state index is 11.7. The zero-order valence-corrected chi connectivity index (χ0v) is 12.0. The van der Waals surface area contributed by atoms with Crippen molar-refractivity contribution < 1.29 is 9.53 Å². The summed E-state index contributed by atoms with van der Waals surface area (Å²) in [5, 5.41) is 4.99. The molecule has 0 aliphatic heterocycles. The minimum absolute atomic E-state index is 0.0167. The van der Waals surface area contributed by atoms with Gasteiger partial charge in [0.1, 0.15) is 0 Å². The van der Waals surface area contributed by atoms with Crippen LogP contribution in [0, 0.1) is 0 Å². The molecular formula is C13H22N2O2S. The summed E-state index contributed by atoms with van der Waals surface area (Å²) in [7, 11) is 1.57. The number of amides is 1. The van der Waals surface area contributed by atoms with E-state index in [1.807, 2.05) is 11.4 Å². The molecule has 4 nitrogen and oxygen atoms in total. The normalized spacial score (nSPS) is 13.3. The van der Waals surface area contributed by atoms with Crippen molar-refractivity contribution in [3.63, 3.8) is 0 Å². The Kier molecular flexibility index (Phi) is 5.78. The highest BCUT2D eigenvalue weighted by Gasteiger charge is 2.23. The standard InChI is InChI=1S/C13H22N2O2S/c1-13(2,11-5-4-6-18-11)9-15-12(16)7-10(8-14)17-3/h4-6,10H,7-9,14H2,1-3H3,(H,15,16). The number of carbonyl (C=O) groups is 1. The molecule has 0 saturated heterocycles. The first kappa shape index (κ1) is 15.1. The smallest absolute Gasteiger partial charge is 0.222 e. The van der Waals surface area contributed by atoms with Crippen LogP contribution in [0.4, 0.5) is 0 Å². The van der Waals surface area contributed by atoms with Gasteiger partial charge in [-0.05, 0) is 11.4 Å². The van der Waals surface area contributed by atoms with Crippen molar-refractivity contribution in [3.8, 4) is 0 Å². The number of hydrogen-bond acceptors (Lipinski definition) is 4. The maximum absolute atomic E-state index is 11.7. The molecule has 5 heteroatoms. The summed E-state index contributed by atoms with van der Waals surface area (Å²) in [6.45, 7) is 5.22. The second-order valence-electron chi connectivity index (χ2n) is 4.94. The minimum atomic E-state index is -0.199. The van der Waals surface area contributed by atoms with E-state index in [2.05, 4.69) is 25.2 Å². The predicted octanol–water partition coefficient (Wildman–Crippen LogP) is 1.51. The lowest BCUT2D eigenvalue weighted by atomic mass is 9.91. The van der Waals surface area contributed by atoms with E-state index in [9.17, 15) is 4.79 Å². The van der Waals surface area contributed by atoms with Gasteiger partial charge in [-0.2, -0.15) is 0 Å². The molecule has 18 heavy (non-hydrogen) atoms.